The number of hydrogen-bond donors (Lipinski definition) is 1. The lowest BCUT2D eigenvalue weighted by atomic mass is 9.99. The number of nitrogens with one attached hydrogen (secondary N) is 1. The zero-order valence-electron chi connectivity index (χ0n) is 21.3. The lowest BCUT2D eigenvalue weighted by molar-refractivity contribution is -0.141. The molecule has 3 aromatic carbocycles. The van der Waals surface area contributed by atoms with Crippen molar-refractivity contribution in [2.75, 3.05) is 0 Å². The maximum absolute atomic E-state index is 14.7. The first-order chi connectivity index (χ1) is 16.5. The van der Waals surface area contributed by atoms with E-state index in [-0.39, 0.29) is 24.8 Å². The standard InChI is InChI=1S/C30H35FN2O2/c1-21-15-16-24(17-22(21)2)19-28(34)33(20-25-13-9-10-14-26(25)31)27(29(35)32-30(3,4)5)18-23-11-7-6-8-12-23/h6-17,27H,18-20H2,1-5H3,(H,32,35)/t27-/m0/s1. The van der Waals surface area contributed by atoms with Crippen molar-refractivity contribution < 1.29 is 14.0 Å². The summed E-state index contributed by atoms with van der Waals surface area (Å²) in [5.74, 6) is -0.876. The van der Waals surface area contributed by atoms with Crippen molar-refractivity contribution in [3.8, 4) is 0 Å². The molecule has 5 heteroatoms. The lowest BCUT2D eigenvalue weighted by Gasteiger charge is -2.34. The van der Waals surface area contributed by atoms with Gasteiger partial charge in [0.25, 0.3) is 0 Å². The van der Waals surface area contributed by atoms with Gasteiger partial charge in [-0.1, -0.05) is 66.7 Å². The number of halogens is 1. The fourth-order valence-electron chi connectivity index (χ4n) is 4.01. The highest BCUT2D eigenvalue weighted by molar-refractivity contribution is 5.89. The Balaban J connectivity index is 2.01. The fraction of sp³-hybridized carbons (Fsp3) is 0.333. The number of rotatable bonds is 8. The zero-order valence-corrected chi connectivity index (χ0v) is 21.3. The first-order valence-electron chi connectivity index (χ1n) is 12.0. The normalized spacial score (nSPS) is 12.2. The van der Waals surface area contributed by atoms with Crippen LogP contribution in [0.5, 0.6) is 0 Å². The van der Waals surface area contributed by atoms with Crippen molar-refractivity contribution in [3.05, 3.63) is 106 Å². The van der Waals surface area contributed by atoms with E-state index in [1.165, 1.54) is 11.0 Å². The Morgan fingerprint density at radius 3 is 2.17 bits per heavy atom. The zero-order chi connectivity index (χ0) is 25.6. The summed E-state index contributed by atoms with van der Waals surface area (Å²) in [4.78, 5) is 28.8. The fourth-order valence-corrected chi connectivity index (χ4v) is 4.01. The molecule has 0 spiro atoms. The molecule has 0 unspecified atom stereocenters. The van der Waals surface area contributed by atoms with Crippen LogP contribution in [0.3, 0.4) is 0 Å². The van der Waals surface area contributed by atoms with Crippen LogP contribution in [0.2, 0.25) is 0 Å². The summed E-state index contributed by atoms with van der Waals surface area (Å²) < 4.78 is 14.7. The summed E-state index contributed by atoms with van der Waals surface area (Å²) in [5.41, 5.74) is 3.94. The van der Waals surface area contributed by atoms with Crippen LogP contribution in [-0.4, -0.2) is 28.3 Å². The predicted molar refractivity (Wildman–Crippen MR) is 138 cm³/mol. The van der Waals surface area contributed by atoms with Gasteiger partial charge in [0, 0.05) is 24.1 Å². The van der Waals surface area contributed by atoms with Crippen molar-refractivity contribution in [2.24, 2.45) is 0 Å². The van der Waals surface area contributed by atoms with E-state index in [0.717, 1.165) is 22.3 Å². The van der Waals surface area contributed by atoms with Gasteiger partial charge in [0.15, 0.2) is 0 Å². The molecule has 35 heavy (non-hydrogen) atoms. The molecular weight excluding hydrogens is 439 g/mol. The molecule has 0 heterocycles. The second-order valence-electron chi connectivity index (χ2n) is 10.2. The van der Waals surface area contributed by atoms with E-state index in [4.69, 9.17) is 0 Å². The molecule has 0 radical (unpaired) electrons. The van der Waals surface area contributed by atoms with Gasteiger partial charge in [-0.25, -0.2) is 4.39 Å². The summed E-state index contributed by atoms with van der Waals surface area (Å²) in [6.45, 7) is 9.76. The van der Waals surface area contributed by atoms with E-state index in [1.54, 1.807) is 18.2 Å². The van der Waals surface area contributed by atoms with Crippen molar-refractivity contribution in [2.45, 2.75) is 65.6 Å². The van der Waals surface area contributed by atoms with Crippen LogP contribution in [0.4, 0.5) is 4.39 Å². The number of aryl methyl sites for hydroxylation is 2. The molecule has 4 nitrogen and oxygen atoms in total. The van der Waals surface area contributed by atoms with Gasteiger partial charge >= 0.3 is 0 Å². The average molecular weight is 475 g/mol. The quantitative estimate of drug-likeness (QED) is 0.466. The average Bonchev–Trinajstić information content (AvgIpc) is 2.79. The highest BCUT2D eigenvalue weighted by Crippen LogP contribution is 2.20. The topological polar surface area (TPSA) is 49.4 Å². The number of carbonyl (C=O) groups is 2. The number of hydrogen-bond acceptors (Lipinski definition) is 2. The van der Waals surface area contributed by atoms with Crippen molar-refractivity contribution in [3.63, 3.8) is 0 Å². The molecule has 0 aliphatic heterocycles. The molecule has 0 aromatic heterocycles. The van der Waals surface area contributed by atoms with Gasteiger partial charge in [-0.15, -0.1) is 0 Å². The van der Waals surface area contributed by atoms with Gasteiger partial charge in [0.1, 0.15) is 11.9 Å². The first-order valence-corrected chi connectivity index (χ1v) is 12.0. The minimum Gasteiger partial charge on any atom is -0.350 e. The maximum Gasteiger partial charge on any atom is 0.243 e. The van der Waals surface area contributed by atoms with Crippen LogP contribution >= 0.6 is 0 Å². The van der Waals surface area contributed by atoms with Crippen molar-refractivity contribution in [1.82, 2.24) is 10.2 Å². The van der Waals surface area contributed by atoms with E-state index in [9.17, 15) is 14.0 Å². The van der Waals surface area contributed by atoms with Crippen LogP contribution in [0, 0.1) is 19.7 Å². The minimum atomic E-state index is -0.796. The third-order valence-corrected chi connectivity index (χ3v) is 5.99. The van der Waals surface area contributed by atoms with E-state index < -0.39 is 17.4 Å². The molecule has 184 valence electrons. The van der Waals surface area contributed by atoms with Gasteiger partial charge in [-0.05, 0) is 62.9 Å². The van der Waals surface area contributed by atoms with E-state index in [2.05, 4.69) is 5.32 Å². The highest BCUT2D eigenvalue weighted by atomic mass is 19.1. The predicted octanol–water partition coefficient (Wildman–Crippen LogP) is 5.54. The second-order valence-corrected chi connectivity index (χ2v) is 10.2. The second kappa shape index (κ2) is 11.3. The number of amides is 2. The first kappa shape index (κ1) is 26.1. The molecule has 1 atom stereocenters. The molecule has 3 rings (SSSR count). The molecule has 0 saturated carbocycles. The maximum atomic E-state index is 14.7. The van der Waals surface area contributed by atoms with E-state index in [0.29, 0.717) is 12.0 Å². The molecule has 0 saturated heterocycles. The molecule has 0 fully saturated rings. The molecule has 0 bridgehead atoms. The number of nitrogens with zero attached hydrogens (tertiary/aromatic N) is 1. The molecule has 3 aromatic rings. The van der Waals surface area contributed by atoms with E-state index in [1.807, 2.05) is 83.1 Å². The molecule has 1 N–H and O–H groups in total. The van der Waals surface area contributed by atoms with Gasteiger partial charge in [-0.3, -0.25) is 9.59 Å². The van der Waals surface area contributed by atoms with Crippen molar-refractivity contribution >= 4 is 11.8 Å². The SMILES string of the molecule is Cc1ccc(CC(=O)N(Cc2ccccc2F)[C@@H](Cc2ccccc2)C(=O)NC(C)(C)C)cc1C. The van der Waals surface area contributed by atoms with Crippen LogP contribution in [0.1, 0.15) is 48.6 Å². The highest BCUT2D eigenvalue weighted by Gasteiger charge is 2.32. The van der Waals surface area contributed by atoms with Gasteiger partial charge < -0.3 is 10.2 Å². The van der Waals surface area contributed by atoms with E-state index >= 15 is 0 Å². The molecule has 0 aliphatic rings. The van der Waals surface area contributed by atoms with Crippen LogP contribution < -0.4 is 5.32 Å². The Bertz CT molecular complexity index is 1170. The summed E-state index contributed by atoms with van der Waals surface area (Å²) in [6, 6.07) is 21.1. The smallest absolute Gasteiger partial charge is 0.243 e. The lowest BCUT2D eigenvalue weighted by Crippen LogP contribution is -2.54. The van der Waals surface area contributed by atoms with Crippen LogP contribution in [0.25, 0.3) is 0 Å². The van der Waals surface area contributed by atoms with Crippen LogP contribution in [-0.2, 0) is 29.0 Å². The van der Waals surface area contributed by atoms with Gasteiger partial charge in [-0.2, -0.15) is 0 Å². The Labute approximate surface area is 208 Å². The summed E-state index contributed by atoms with van der Waals surface area (Å²) in [5, 5.41) is 3.03. The largest absolute Gasteiger partial charge is 0.350 e. The van der Waals surface area contributed by atoms with Gasteiger partial charge in [0.2, 0.25) is 11.8 Å². The third kappa shape index (κ3) is 7.51. The Hall–Kier alpha value is -3.47. The Morgan fingerprint density at radius 1 is 0.886 bits per heavy atom. The Morgan fingerprint density at radius 2 is 1.54 bits per heavy atom. The molecular formula is C30H35FN2O2. The monoisotopic (exact) mass is 474 g/mol. The third-order valence-electron chi connectivity index (χ3n) is 5.99. The summed E-state index contributed by atoms with van der Waals surface area (Å²) in [7, 11) is 0. The molecule has 2 amide bonds. The van der Waals surface area contributed by atoms with Crippen molar-refractivity contribution in [1.29, 1.82) is 0 Å². The summed E-state index contributed by atoms with van der Waals surface area (Å²) >= 11 is 0. The number of carbonyl (C=O) groups excluding carboxylic acids is 2. The number of benzene rings is 3. The molecule has 0 aliphatic carbocycles. The van der Waals surface area contributed by atoms with Gasteiger partial charge in [0.05, 0.1) is 6.42 Å². The summed E-state index contributed by atoms with van der Waals surface area (Å²) in [6.07, 6.45) is 0.458. The van der Waals surface area contributed by atoms with Crippen LogP contribution in [0.15, 0.2) is 72.8 Å². The minimum absolute atomic E-state index is 0.00537. The Kier molecular flexibility index (Phi) is 8.44.